The molecule has 0 amide bonds. The fraction of sp³-hybridized carbons (Fsp3) is 0.714. The number of ether oxygens (including phenoxy) is 4. The Balaban J connectivity index is 3.03. The number of carbonyl (C=O) groups is 4. The van der Waals surface area contributed by atoms with E-state index >= 15 is 0 Å². The Morgan fingerprint density at radius 2 is 0.864 bits per heavy atom. The summed E-state index contributed by atoms with van der Waals surface area (Å²) in [6, 6.07) is 0. The van der Waals surface area contributed by atoms with Gasteiger partial charge in [0.2, 0.25) is 0 Å². The molecule has 8 nitrogen and oxygen atoms in total. The zero-order valence-electron chi connectivity index (χ0n) is 13.0. The normalized spacial score (nSPS) is 27.5. The minimum absolute atomic E-state index is 0.313. The van der Waals surface area contributed by atoms with Crippen molar-refractivity contribution in [1.29, 1.82) is 0 Å². The van der Waals surface area contributed by atoms with Gasteiger partial charge in [0, 0.05) is 27.7 Å². The number of hydrogen-bond acceptors (Lipinski definition) is 8. The lowest BCUT2D eigenvalue weighted by molar-refractivity contribution is -0.209. The van der Waals surface area contributed by atoms with Gasteiger partial charge in [0.1, 0.15) is 12.2 Å². The predicted octanol–water partition coefficient (Wildman–Crippen LogP) is 0.507. The van der Waals surface area contributed by atoms with Gasteiger partial charge in [0.15, 0.2) is 12.2 Å². The second-order valence-corrected chi connectivity index (χ2v) is 5.02. The van der Waals surface area contributed by atoms with Crippen molar-refractivity contribution in [2.75, 3.05) is 0 Å². The van der Waals surface area contributed by atoms with Gasteiger partial charge in [-0.05, 0) is 12.8 Å². The van der Waals surface area contributed by atoms with E-state index in [0.717, 1.165) is 0 Å². The van der Waals surface area contributed by atoms with Crippen LogP contribution in [0, 0.1) is 0 Å². The smallest absolute Gasteiger partial charge is 0.303 e. The molecule has 1 rings (SSSR count). The fourth-order valence-corrected chi connectivity index (χ4v) is 2.43. The Morgan fingerprint density at radius 1 is 0.591 bits per heavy atom. The molecular weight excluding hydrogens is 296 g/mol. The molecule has 4 atom stereocenters. The number of rotatable bonds is 4. The molecule has 1 fully saturated rings. The van der Waals surface area contributed by atoms with Crippen molar-refractivity contribution in [3.05, 3.63) is 0 Å². The Morgan fingerprint density at radius 3 is 1.09 bits per heavy atom. The third-order valence-electron chi connectivity index (χ3n) is 3.03. The summed E-state index contributed by atoms with van der Waals surface area (Å²) in [5.41, 5.74) is 0. The van der Waals surface area contributed by atoms with Crippen LogP contribution in [0.1, 0.15) is 40.5 Å². The molecular formula is C14H20O8. The third kappa shape index (κ3) is 5.34. The number of carbonyl (C=O) groups excluding carboxylic acids is 4. The van der Waals surface area contributed by atoms with E-state index in [4.69, 9.17) is 18.9 Å². The molecule has 0 N–H and O–H groups in total. The van der Waals surface area contributed by atoms with Crippen LogP contribution in [-0.4, -0.2) is 48.3 Å². The molecule has 0 spiro atoms. The molecule has 124 valence electrons. The number of esters is 4. The first-order chi connectivity index (χ1) is 10.2. The van der Waals surface area contributed by atoms with E-state index in [9.17, 15) is 19.2 Å². The lowest BCUT2D eigenvalue weighted by atomic mass is 9.88. The highest BCUT2D eigenvalue weighted by molar-refractivity contribution is 5.69. The topological polar surface area (TPSA) is 105 Å². The average Bonchev–Trinajstić information content (AvgIpc) is 2.34. The van der Waals surface area contributed by atoms with Crippen LogP contribution < -0.4 is 0 Å². The summed E-state index contributed by atoms with van der Waals surface area (Å²) in [4.78, 5) is 44.9. The van der Waals surface area contributed by atoms with Crippen LogP contribution in [0.3, 0.4) is 0 Å². The van der Waals surface area contributed by atoms with Crippen molar-refractivity contribution in [3.8, 4) is 0 Å². The average molecular weight is 316 g/mol. The van der Waals surface area contributed by atoms with E-state index in [2.05, 4.69) is 0 Å². The predicted molar refractivity (Wildman–Crippen MR) is 71.5 cm³/mol. The van der Waals surface area contributed by atoms with Gasteiger partial charge in [-0.25, -0.2) is 0 Å². The first kappa shape index (κ1) is 17.9. The molecule has 22 heavy (non-hydrogen) atoms. The Hall–Kier alpha value is -2.12. The van der Waals surface area contributed by atoms with Gasteiger partial charge in [0.05, 0.1) is 0 Å². The zero-order valence-corrected chi connectivity index (χ0v) is 13.0. The lowest BCUT2D eigenvalue weighted by Crippen LogP contribution is -2.55. The molecule has 0 heterocycles. The number of hydrogen-bond donors (Lipinski definition) is 0. The maximum absolute atomic E-state index is 11.3. The second kappa shape index (κ2) is 7.77. The molecule has 0 aromatic heterocycles. The SMILES string of the molecule is CC(=O)O[C@@H]1[C@H](OC(C)=O)[C@H](OC(C)=O)CC[C@@H]1OC(C)=O. The minimum atomic E-state index is -1.02. The summed E-state index contributed by atoms with van der Waals surface area (Å²) in [6.45, 7) is 4.82. The van der Waals surface area contributed by atoms with E-state index < -0.39 is 48.3 Å². The van der Waals surface area contributed by atoms with Gasteiger partial charge < -0.3 is 18.9 Å². The van der Waals surface area contributed by atoms with E-state index in [1.807, 2.05) is 0 Å². The summed E-state index contributed by atoms with van der Waals surface area (Å²) in [7, 11) is 0. The first-order valence-electron chi connectivity index (χ1n) is 6.89. The van der Waals surface area contributed by atoms with Crippen molar-refractivity contribution in [2.24, 2.45) is 0 Å². The molecule has 0 aliphatic heterocycles. The first-order valence-corrected chi connectivity index (χ1v) is 6.89. The molecule has 0 aromatic carbocycles. The van der Waals surface area contributed by atoms with Crippen LogP contribution in [0.2, 0.25) is 0 Å². The molecule has 1 aliphatic carbocycles. The van der Waals surface area contributed by atoms with Gasteiger partial charge in [-0.1, -0.05) is 0 Å². The van der Waals surface area contributed by atoms with Gasteiger partial charge >= 0.3 is 23.9 Å². The van der Waals surface area contributed by atoms with E-state index in [-0.39, 0.29) is 0 Å². The quantitative estimate of drug-likeness (QED) is 0.545. The maximum atomic E-state index is 11.3. The molecule has 0 aromatic rings. The minimum Gasteiger partial charge on any atom is -0.458 e. The van der Waals surface area contributed by atoms with Gasteiger partial charge in [-0.3, -0.25) is 19.2 Å². The highest BCUT2D eigenvalue weighted by Crippen LogP contribution is 2.29. The van der Waals surface area contributed by atoms with Crippen LogP contribution in [0.4, 0.5) is 0 Å². The van der Waals surface area contributed by atoms with Gasteiger partial charge in [0.25, 0.3) is 0 Å². The van der Waals surface area contributed by atoms with Crippen molar-refractivity contribution >= 4 is 23.9 Å². The van der Waals surface area contributed by atoms with Crippen molar-refractivity contribution in [3.63, 3.8) is 0 Å². The van der Waals surface area contributed by atoms with E-state index in [1.165, 1.54) is 27.7 Å². The molecule has 0 radical (unpaired) electrons. The largest absolute Gasteiger partial charge is 0.458 e. The highest BCUT2D eigenvalue weighted by Gasteiger charge is 2.47. The lowest BCUT2D eigenvalue weighted by Gasteiger charge is -2.39. The second-order valence-electron chi connectivity index (χ2n) is 5.02. The van der Waals surface area contributed by atoms with Crippen LogP contribution >= 0.6 is 0 Å². The summed E-state index contributed by atoms with van der Waals surface area (Å²) in [5.74, 6) is -2.34. The van der Waals surface area contributed by atoms with Crippen molar-refractivity contribution < 1.29 is 38.1 Å². The summed E-state index contributed by atoms with van der Waals surface area (Å²) >= 11 is 0. The highest BCUT2D eigenvalue weighted by atomic mass is 16.6. The molecule has 0 unspecified atom stereocenters. The van der Waals surface area contributed by atoms with Crippen LogP contribution in [0.15, 0.2) is 0 Å². The Bertz CT molecular complexity index is 416. The molecule has 1 aliphatic rings. The Kier molecular flexibility index (Phi) is 6.33. The van der Waals surface area contributed by atoms with E-state index in [0.29, 0.717) is 12.8 Å². The van der Waals surface area contributed by atoms with Crippen LogP contribution in [0.5, 0.6) is 0 Å². The summed E-state index contributed by atoms with van der Waals surface area (Å²) in [6.07, 6.45) is -2.96. The van der Waals surface area contributed by atoms with Gasteiger partial charge in [-0.15, -0.1) is 0 Å². The Labute approximate surface area is 128 Å². The summed E-state index contributed by atoms with van der Waals surface area (Å²) in [5, 5.41) is 0. The van der Waals surface area contributed by atoms with Crippen molar-refractivity contribution in [2.45, 2.75) is 65.0 Å². The molecule has 8 heteroatoms. The monoisotopic (exact) mass is 316 g/mol. The standard InChI is InChI=1S/C14H20O8/c1-7(15)19-11-5-6-12(20-8(2)16)14(22-10(4)18)13(11)21-9(3)17/h11-14H,5-6H2,1-4H3/t11-,12+,13-,14+. The maximum Gasteiger partial charge on any atom is 0.303 e. The zero-order chi connectivity index (χ0) is 16.9. The molecule has 0 bridgehead atoms. The van der Waals surface area contributed by atoms with Crippen LogP contribution in [-0.2, 0) is 38.1 Å². The van der Waals surface area contributed by atoms with E-state index in [1.54, 1.807) is 0 Å². The third-order valence-corrected chi connectivity index (χ3v) is 3.03. The van der Waals surface area contributed by atoms with Crippen LogP contribution in [0.25, 0.3) is 0 Å². The molecule has 1 saturated carbocycles. The van der Waals surface area contributed by atoms with Crippen molar-refractivity contribution in [1.82, 2.24) is 0 Å². The summed E-state index contributed by atoms with van der Waals surface area (Å²) < 4.78 is 20.5. The fourth-order valence-electron chi connectivity index (χ4n) is 2.43. The molecule has 0 saturated heterocycles. The van der Waals surface area contributed by atoms with Gasteiger partial charge in [-0.2, -0.15) is 0 Å².